The minimum Gasteiger partial charge on any atom is -0.489 e. The van der Waals surface area contributed by atoms with Gasteiger partial charge in [-0.05, 0) is 44.2 Å². The van der Waals surface area contributed by atoms with E-state index in [-0.39, 0.29) is 6.10 Å². The molecule has 0 spiro atoms. The molecule has 2 N–H and O–H groups in total. The Hall–Kier alpha value is -2.67. The molecule has 1 aromatic carbocycles. The molecule has 27 heavy (non-hydrogen) atoms. The summed E-state index contributed by atoms with van der Waals surface area (Å²) in [4.78, 5) is 15.8. The average molecular weight is 394 g/mol. The van der Waals surface area contributed by atoms with Crippen LogP contribution in [-0.4, -0.2) is 38.7 Å². The number of furan rings is 1. The van der Waals surface area contributed by atoms with Crippen LogP contribution in [0.2, 0.25) is 5.02 Å². The summed E-state index contributed by atoms with van der Waals surface area (Å²) < 4.78 is 16.1. The van der Waals surface area contributed by atoms with Crippen LogP contribution in [0.3, 0.4) is 0 Å². The van der Waals surface area contributed by atoms with Crippen molar-refractivity contribution in [1.29, 1.82) is 0 Å². The summed E-state index contributed by atoms with van der Waals surface area (Å²) in [5.74, 6) is 2.05. The summed E-state index contributed by atoms with van der Waals surface area (Å²) >= 11 is 5.87. The third kappa shape index (κ3) is 6.21. The Bertz CT molecular complexity index is 787. The zero-order valence-corrected chi connectivity index (χ0v) is 16.6. The van der Waals surface area contributed by atoms with Crippen molar-refractivity contribution in [3.05, 3.63) is 52.4 Å². The lowest BCUT2D eigenvalue weighted by Gasteiger charge is -2.17. The quantitative estimate of drug-likeness (QED) is 0.427. The van der Waals surface area contributed by atoms with E-state index in [1.54, 1.807) is 32.2 Å². The van der Waals surface area contributed by atoms with Crippen molar-refractivity contribution >= 4 is 23.5 Å². The molecule has 8 heteroatoms. The van der Waals surface area contributed by atoms with Gasteiger partial charge in [-0.1, -0.05) is 11.6 Å². The summed E-state index contributed by atoms with van der Waals surface area (Å²) in [7, 11) is 3.01. The Kier molecular flexibility index (Phi) is 7.55. The summed E-state index contributed by atoms with van der Waals surface area (Å²) in [6, 6.07) is 8.87. The van der Waals surface area contributed by atoms with Gasteiger partial charge in [0.25, 0.3) is 0 Å². The zero-order chi connectivity index (χ0) is 19.8. The molecular weight excluding hydrogens is 370 g/mol. The normalized spacial score (nSPS) is 12.4. The first kappa shape index (κ1) is 20.6. The van der Waals surface area contributed by atoms with Crippen LogP contribution in [0.4, 0.5) is 0 Å². The van der Waals surface area contributed by atoms with E-state index in [0.717, 1.165) is 5.75 Å². The van der Waals surface area contributed by atoms with Gasteiger partial charge < -0.3 is 24.5 Å². The van der Waals surface area contributed by atoms with Crippen LogP contribution in [-0.2, 0) is 11.3 Å². The van der Waals surface area contributed by atoms with Crippen LogP contribution in [0.25, 0.3) is 0 Å². The van der Waals surface area contributed by atoms with Gasteiger partial charge in [-0.3, -0.25) is 4.99 Å². The number of benzene rings is 1. The van der Waals surface area contributed by atoms with Crippen molar-refractivity contribution in [1.82, 2.24) is 10.6 Å². The van der Waals surface area contributed by atoms with E-state index in [1.807, 2.05) is 19.1 Å². The molecule has 2 rings (SSSR count). The number of nitrogens with zero attached hydrogens (tertiary/aromatic N) is 1. The number of carbonyl (C=O) groups excluding carboxylic acids is 1. The maximum atomic E-state index is 11.6. The summed E-state index contributed by atoms with van der Waals surface area (Å²) in [6.07, 6.45) is -0.0819. The van der Waals surface area contributed by atoms with Crippen molar-refractivity contribution in [2.24, 2.45) is 4.99 Å². The van der Waals surface area contributed by atoms with Crippen molar-refractivity contribution in [3.63, 3.8) is 0 Å². The van der Waals surface area contributed by atoms with Crippen LogP contribution in [0, 0.1) is 6.92 Å². The van der Waals surface area contributed by atoms with Crippen LogP contribution >= 0.6 is 11.6 Å². The topological polar surface area (TPSA) is 85.1 Å². The molecule has 0 fully saturated rings. The van der Waals surface area contributed by atoms with Crippen molar-refractivity contribution in [2.75, 3.05) is 20.7 Å². The molecule has 0 aliphatic carbocycles. The highest BCUT2D eigenvalue weighted by molar-refractivity contribution is 6.30. The number of methoxy groups -OCH3 is 1. The minimum atomic E-state index is -0.418. The Morgan fingerprint density at radius 3 is 2.63 bits per heavy atom. The van der Waals surface area contributed by atoms with Crippen LogP contribution in [0.5, 0.6) is 5.75 Å². The number of carbonyl (C=O) groups is 1. The van der Waals surface area contributed by atoms with Gasteiger partial charge in [0, 0.05) is 12.1 Å². The molecule has 2 aromatic rings. The Labute approximate surface area is 163 Å². The molecule has 1 aromatic heterocycles. The van der Waals surface area contributed by atoms with Crippen molar-refractivity contribution in [2.45, 2.75) is 26.5 Å². The molecule has 0 radical (unpaired) electrons. The number of ether oxygens (including phenoxy) is 2. The second kappa shape index (κ2) is 9.87. The van der Waals surface area contributed by atoms with Gasteiger partial charge in [0.15, 0.2) is 5.96 Å². The number of hydrogen-bond donors (Lipinski definition) is 2. The highest BCUT2D eigenvalue weighted by Crippen LogP contribution is 2.17. The van der Waals surface area contributed by atoms with E-state index in [1.165, 1.54) is 7.11 Å². The largest absolute Gasteiger partial charge is 0.489 e. The van der Waals surface area contributed by atoms with Crippen LogP contribution in [0.15, 0.2) is 39.7 Å². The molecule has 0 aliphatic rings. The first-order chi connectivity index (χ1) is 12.9. The molecule has 1 heterocycles. The lowest BCUT2D eigenvalue weighted by Crippen LogP contribution is -2.41. The molecule has 7 nitrogen and oxygen atoms in total. The zero-order valence-electron chi connectivity index (χ0n) is 15.8. The third-order valence-corrected chi connectivity index (χ3v) is 3.99. The Balaban J connectivity index is 1.82. The minimum absolute atomic E-state index is 0.0819. The average Bonchev–Trinajstić information content (AvgIpc) is 3.03. The van der Waals surface area contributed by atoms with Gasteiger partial charge in [0.2, 0.25) is 0 Å². The number of esters is 1. The predicted octanol–water partition coefficient (Wildman–Crippen LogP) is 3.16. The smallest absolute Gasteiger partial charge is 0.341 e. The van der Waals surface area contributed by atoms with Crippen LogP contribution in [0.1, 0.15) is 28.8 Å². The molecule has 1 unspecified atom stereocenters. The fourth-order valence-electron chi connectivity index (χ4n) is 2.36. The van der Waals surface area contributed by atoms with E-state index in [9.17, 15) is 4.79 Å². The SMILES string of the molecule is CN=C(NCc1cc(C(=O)OC)c(C)o1)NCC(C)Oc1ccc(Cl)cc1. The highest BCUT2D eigenvalue weighted by Gasteiger charge is 2.15. The van der Waals surface area contributed by atoms with E-state index in [0.29, 0.717) is 41.2 Å². The molecular formula is C19H24ClN3O4. The molecule has 0 amide bonds. The van der Waals surface area contributed by atoms with Gasteiger partial charge in [-0.15, -0.1) is 0 Å². The van der Waals surface area contributed by atoms with Gasteiger partial charge in [0.1, 0.15) is 28.9 Å². The predicted molar refractivity (Wildman–Crippen MR) is 105 cm³/mol. The summed E-state index contributed by atoms with van der Waals surface area (Å²) in [5, 5.41) is 6.98. The first-order valence-corrected chi connectivity index (χ1v) is 8.85. The maximum Gasteiger partial charge on any atom is 0.341 e. The second-order valence-corrected chi connectivity index (χ2v) is 6.30. The monoisotopic (exact) mass is 393 g/mol. The van der Waals surface area contributed by atoms with Crippen LogP contribution < -0.4 is 15.4 Å². The number of hydrogen-bond acceptors (Lipinski definition) is 5. The fraction of sp³-hybridized carbons (Fsp3) is 0.368. The van der Waals surface area contributed by atoms with Gasteiger partial charge >= 0.3 is 5.97 Å². The van der Waals surface area contributed by atoms with E-state index in [4.69, 9.17) is 25.5 Å². The number of nitrogens with one attached hydrogen (secondary N) is 2. The summed E-state index contributed by atoms with van der Waals surface area (Å²) in [6.45, 7) is 4.60. The standard InChI is InChI=1S/C19H24ClN3O4/c1-12(26-15-7-5-14(20)6-8-15)10-22-19(21-3)23-11-16-9-17(13(2)27-16)18(24)25-4/h5-9,12H,10-11H2,1-4H3,(H2,21,22,23). The van der Waals surface area contributed by atoms with E-state index >= 15 is 0 Å². The lowest BCUT2D eigenvalue weighted by molar-refractivity contribution is 0.0599. The number of rotatable bonds is 7. The molecule has 0 aliphatic heterocycles. The first-order valence-electron chi connectivity index (χ1n) is 8.47. The van der Waals surface area contributed by atoms with E-state index in [2.05, 4.69) is 15.6 Å². The number of guanidine groups is 1. The van der Waals surface area contributed by atoms with E-state index < -0.39 is 5.97 Å². The lowest BCUT2D eigenvalue weighted by atomic mass is 10.2. The molecule has 1 atom stereocenters. The molecule has 146 valence electrons. The number of aliphatic imine (C=N–C) groups is 1. The second-order valence-electron chi connectivity index (χ2n) is 5.86. The fourth-order valence-corrected chi connectivity index (χ4v) is 2.49. The molecule has 0 bridgehead atoms. The highest BCUT2D eigenvalue weighted by atomic mass is 35.5. The molecule has 0 saturated carbocycles. The Morgan fingerprint density at radius 2 is 2.00 bits per heavy atom. The van der Waals surface area contributed by atoms with Crippen molar-refractivity contribution < 1.29 is 18.7 Å². The maximum absolute atomic E-state index is 11.6. The van der Waals surface area contributed by atoms with Gasteiger partial charge in [-0.25, -0.2) is 4.79 Å². The van der Waals surface area contributed by atoms with Crippen molar-refractivity contribution in [3.8, 4) is 5.75 Å². The number of aryl methyl sites for hydroxylation is 1. The van der Waals surface area contributed by atoms with Gasteiger partial charge in [-0.2, -0.15) is 0 Å². The summed E-state index contributed by atoms with van der Waals surface area (Å²) in [5.41, 5.74) is 0.419. The number of halogens is 1. The Morgan fingerprint density at radius 1 is 1.30 bits per heavy atom. The molecule has 0 saturated heterocycles. The van der Waals surface area contributed by atoms with Gasteiger partial charge in [0.05, 0.1) is 20.2 Å². The third-order valence-electron chi connectivity index (χ3n) is 3.74.